The third kappa shape index (κ3) is 6.03. The van der Waals surface area contributed by atoms with Gasteiger partial charge in [-0.15, -0.1) is 12.4 Å². The number of hydrogen-bond acceptors (Lipinski definition) is 3. The van der Waals surface area contributed by atoms with Gasteiger partial charge >= 0.3 is 0 Å². The Bertz CT molecular complexity index is 640. The summed E-state index contributed by atoms with van der Waals surface area (Å²) in [5, 5.41) is 0. The number of aryl methyl sites for hydroxylation is 1. The molecule has 1 saturated heterocycles. The summed E-state index contributed by atoms with van der Waals surface area (Å²) in [6.07, 6.45) is 0.923. The Hall–Kier alpha value is -1.55. The highest BCUT2D eigenvalue weighted by molar-refractivity contribution is 5.85. The zero-order chi connectivity index (χ0) is 16.8. The van der Waals surface area contributed by atoms with E-state index in [9.17, 15) is 0 Å². The summed E-state index contributed by atoms with van der Waals surface area (Å²) in [5.41, 5.74) is 3.89. The number of rotatable bonds is 6. The van der Waals surface area contributed by atoms with Crippen LogP contribution in [0, 0.1) is 6.92 Å². The van der Waals surface area contributed by atoms with Crippen molar-refractivity contribution in [2.75, 3.05) is 46.4 Å². The third-order valence-electron chi connectivity index (χ3n) is 4.71. The summed E-state index contributed by atoms with van der Waals surface area (Å²) in [4.78, 5) is 4.88. The minimum absolute atomic E-state index is 0. The number of hydrogen-bond donors (Lipinski definition) is 0. The highest BCUT2D eigenvalue weighted by Crippen LogP contribution is 2.23. The normalized spacial score (nSPS) is 15.6. The van der Waals surface area contributed by atoms with E-state index in [1.165, 1.54) is 16.7 Å². The van der Waals surface area contributed by atoms with Crippen molar-refractivity contribution < 1.29 is 4.74 Å². The van der Waals surface area contributed by atoms with Crippen LogP contribution in [0.25, 0.3) is 0 Å². The second-order valence-electron chi connectivity index (χ2n) is 6.77. The molecule has 1 aliphatic heterocycles. The highest BCUT2D eigenvalue weighted by atomic mass is 35.5. The van der Waals surface area contributed by atoms with Gasteiger partial charge in [0.2, 0.25) is 0 Å². The molecule has 0 aromatic heterocycles. The number of benzene rings is 2. The van der Waals surface area contributed by atoms with Crippen LogP contribution in [-0.4, -0.2) is 56.2 Å². The Kier molecular flexibility index (Phi) is 7.76. The lowest BCUT2D eigenvalue weighted by Crippen LogP contribution is -2.45. The molecule has 1 aliphatic rings. The van der Waals surface area contributed by atoms with Crippen LogP contribution < -0.4 is 4.74 Å². The van der Waals surface area contributed by atoms with E-state index in [0.717, 1.165) is 51.5 Å². The van der Waals surface area contributed by atoms with Crippen LogP contribution in [0.5, 0.6) is 5.75 Å². The first-order valence-corrected chi connectivity index (χ1v) is 8.88. The Balaban J connectivity index is 0.00000225. The van der Waals surface area contributed by atoms with Crippen molar-refractivity contribution in [3.8, 4) is 5.75 Å². The molecule has 136 valence electrons. The van der Waals surface area contributed by atoms with Crippen LogP contribution in [0.15, 0.2) is 48.5 Å². The Labute approximate surface area is 158 Å². The van der Waals surface area contributed by atoms with Gasteiger partial charge in [-0.3, -0.25) is 4.90 Å². The van der Waals surface area contributed by atoms with Crippen molar-refractivity contribution in [1.29, 1.82) is 0 Å². The molecule has 0 bridgehead atoms. The molecule has 0 spiro atoms. The molecule has 1 fully saturated rings. The van der Waals surface area contributed by atoms with E-state index in [4.69, 9.17) is 4.74 Å². The molecule has 25 heavy (non-hydrogen) atoms. The maximum Gasteiger partial charge on any atom is 0.122 e. The largest absolute Gasteiger partial charge is 0.492 e. The fraction of sp³-hybridized carbons (Fsp3) is 0.429. The molecule has 0 amide bonds. The number of likely N-dealkylation sites (N-methyl/N-ethyl adjacent to an activating group) is 1. The van der Waals surface area contributed by atoms with E-state index in [2.05, 4.69) is 72.3 Å². The van der Waals surface area contributed by atoms with Gasteiger partial charge in [-0.05, 0) is 31.2 Å². The first-order valence-electron chi connectivity index (χ1n) is 8.88. The molecule has 0 atom stereocenters. The molecule has 0 N–H and O–H groups in total. The van der Waals surface area contributed by atoms with Gasteiger partial charge < -0.3 is 9.64 Å². The Morgan fingerprint density at radius 2 is 1.68 bits per heavy atom. The SMILES string of the molecule is Cc1ccc(OCCN2CCN(C)CC2)c(Cc2ccccc2)c1.Cl. The van der Waals surface area contributed by atoms with Gasteiger partial charge in [0.1, 0.15) is 12.4 Å². The molecule has 1 heterocycles. The minimum Gasteiger partial charge on any atom is -0.492 e. The van der Waals surface area contributed by atoms with E-state index in [1.807, 2.05) is 0 Å². The number of ether oxygens (including phenoxy) is 1. The van der Waals surface area contributed by atoms with Gasteiger partial charge in [-0.25, -0.2) is 0 Å². The lowest BCUT2D eigenvalue weighted by Gasteiger charge is -2.32. The molecule has 0 saturated carbocycles. The van der Waals surface area contributed by atoms with Crippen LogP contribution in [-0.2, 0) is 6.42 Å². The third-order valence-corrected chi connectivity index (χ3v) is 4.71. The summed E-state index contributed by atoms with van der Waals surface area (Å²) < 4.78 is 6.14. The first kappa shape index (κ1) is 19.8. The summed E-state index contributed by atoms with van der Waals surface area (Å²) in [5.74, 6) is 1.03. The molecule has 2 aromatic rings. The average molecular weight is 361 g/mol. The van der Waals surface area contributed by atoms with E-state index >= 15 is 0 Å². The standard InChI is InChI=1S/C21H28N2O.ClH/c1-18-8-9-21(20(16-18)17-19-6-4-3-5-7-19)24-15-14-23-12-10-22(2)11-13-23;/h3-9,16H,10-15,17H2,1-2H3;1H. The lowest BCUT2D eigenvalue weighted by atomic mass is 10.0. The highest BCUT2D eigenvalue weighted by Gasteiger charge is 2.13. The fourth-order valence-corrected chi connectivity index (χ4v) is 3.16. The van der Waals surface area contributed by atoms with Gasteiger partial charge in [0.05, 0.1) is 0 Å². The molecule has 2 aromatic carbocycles. The first-order chi connectivity index (χ1) is 11.7. The second kappa shape index (κ2) is 9.81. The van der Waals surface area contributed by atoms with Crippen molar-refractivity contribution in [3.63, 3.8) is 0 Å². The van der Waals surface area contributed by atoms with E-state index in [-0.39, 0.29) is 12.4 Å². The maximum atomic E-state index is 6.14. The van der Waals surface area contributed by atoms with Crippen LogP contribution in [0.3, 0.4) is 0 Å². The number of halogens is 1. The average Bonchev–Trinajstić information content (AvgIpc) is 2.59. The zero-order valence-corrected chi connectivity index (χ0v) is 16.1. The Morgan fingerprint density at radius 1 is 0.960 bits per heavy atom. The smallest absolute Gasteiger partial charge is 0.122 e. The summed E-state index contributed by atoms with van der Waals surface area (Å²) >= 11 is 0. The van der Waals surface area contributed by atoms with Crippen molar-refractivity contribution in [1.82, 2.24) is 9.80 Å². The molecule has 0 radical (unpaired) electrons. The molecule has 3 rings (SSSR count). The monoisotopic (exact) mass is 360 g/mol. The Morgan fingerprint density at radius 3 is 2.40 bits per heavy atom. The van der Waals surface area contributed by atoms with Crippen molar-refractivity contribution in [2.24, 2.45) is 0 Å². The predicted octanol–water partition coefficient (Wildman–Crippen LogP) is 3.63. The van der Waals surface area contributed by atoms with Gasteiger partial charge in [0.25, 0.3) is 0 Å². The second-order valence-corrected chi connectivity index (χ2v) is 6.77. The van der Waals surface area contributed by atoms with Crippen molar-refractivity contribution in [3.05, 3.63) is 65.2 Å². The molecule has 0 unspecified atom stereocenters. The van der Waals surface area contributed by atoms with Crippen LogP contribution in [0.2, 0.25) is 0 Å². The van der Waals surface area contributed by atoms with Crippen molar-refractivity contribution in [2.45, 2.75) is 13.3 Å². The molecular weight excluding hydrogens is 332 g/mol. The molecule has 0 aliphatic carbocycles. The fourth-order valence-electron chi connectivity index (χ4n) is 3.16. The minimum atomic E-state index is 0. The van der Waals surface area contributed by atoms with E-state index < -0.39 is 0 Å². The molecular formula is C21H29ClN2O. The van der Waals surface area contributed by atoms with Gasteiger partial charge in [-0.1, -0.05) is 48.0 Å². The maximum absolute atomic E-state index is 6.14. The topological polar surface area (TPSA) is 15.7 Å². The van der Waals surface area contributed by atoms with Crippen LogP contribution in [0.1, 0.15) is 16.7 Å². The predicted molar refractivity (Wildman–Crippen MR) is 107 cm³/mol. The van der Waals surface area contributed by atoms with Crippen LogP contribution in [0.4, 0.5) is 0 Å². The molecule has 4 heteroatoms. The summed E-state index contributed by atoms with van der Waals surface area (Å²) in [7, 11) is 2.19. The quantitative estimate of drug-likeness (QED) is 0.782. The van der Waals surface area contributed by atoms with Gasteiger partial charge in [0, 0.05) is 39.1 Å². The van der Waals surface area contributed by atoms with Crippen LogP contribution >= 0.6 is 12.4 Å². The van der Waals surface area contributed by atoms with Gasteiger partial charge in [-0.2, -0.15) is 0 Å². The van der Waals surface area contributed by atoms with E-state index in [0.29, 0.717) is 0 Å². The van der Waals surface area contributed by atoms with E-state index in [1.54, 1.807) is 0 Å². The van der Waals surface area contributed by atoms with Crippen molar-refractivity contribution >= 4 is 12.4 Å². The molecule has 3 nitrogen and oxygen atoms in total. The number of piperazine rings is 1. The zero-order valence-electron chi connectivity index (χ0n) is 15.3. The summed E-state index contributed by atoms with van der Waals surface area (Å²) in [6, 6.07) is 17.1. The number of nitrogens with zero attached hydrogens (tertiary/aromatic N) is 2. The summed E-state index contributed by atoms with van der Waals surface area (Å²) in [6.45, 7) is 8.51. The van der Waals surface area contributed by atoms with Gasteiger partial charge in [0.15, 0.2) is 0 Å². The lowest BCUT2D eigenvalue weighted by molar-refractivity contribution is 0.133.